The average molecular weight is 349 g/mol. The molecule has 1 aliphatic heterocycles. The molecule has 2 rings (SSSR count). The highest BCUT2D eigenvalue weighted by Gasteiger charge is 2.27. The van der Waals surface area contributed by atoms with Crippen LogP contribution in [0, 0.1) is 6.92 Å². The number of rotatable bonds is 6. The highest BCUT2D eigenvalue weighted by molar-refractivity contribution is 7.98. The average Bonchev–Trinajstić information content (AvgIpc) is 2.90. The van der Waals surface area contributed by atoms with E-state index in [1.807, 2.05) is 0 Å². The number of amides is 3. The summed E-state index contributed by atoms with van der Waals surface area (Å²) in [6.45, 7) is 3.57. The zero-order valence-electron chi connectivity index (χ0n) is 14.2. The molecule has 8 heteroatoms. The first-order chi connectivity index (χ1) is 11.5. The molecular formula is C16H23N5O2S. The number of carbonyl (C=O) groups is 2. The number of hydrogen-bond acceptors (Lipinski definition) is 4. The van der Waals surface area contributed by atoms with Gasteiger partial charge in [-0.05, 0) is 30.4 Å². The topological polar surface area (TPSA) is 85.8 Å². The van der Waals surface area contributed by atoms with E-state index >= 15 is 0 Å². The molecule has 0 spiro atoms. The largest absolute Gasteiger partial charge is 0.355 e. The number of carbonyl (C=O) groups excluding carboxylic acids is 2. The molecule has 0 aliphatic carbocycles. The maximum atomic E-state index is 11.5. The van der Waals surface area contributed by atoms with Crippen molar-refractivity contribution in [1.82, 2.24) is 20.9 Å². The molecule has 1 aromatic carbocycles. The summed E-state index contributed by atoms with van der Waals surface area (Å²) < 4.78 is 0. The third-order valence-electron chi connectivity index (χ3n) is 3.68. The van der Waals surface area contributed by atoms with Crippen LogP contribution in [0.4, 0.5) is 4.79 Å². The zero-order valence-corrected chi connectivity index (χ0v) is 15.0. The van der Waals surface area contributed by atoms with Gasteiger partial charge in [0.1, 0.15) is 0 Å². The van der Waals surface area contributed by atoms with Gasteiger partial charge in [-0.3, -0.25) is 14.7 Å². The molecule has 1 aromatic rings. The fraction of sp³-hybridized carbons (Fsp3) is 0.438. The lowest BCUT2D eigenvalue weighted by molar-refractivity contribution is -0.124. The third kappa shape index (κ3) is 4.64. The predicted molar refractivity (Wildman–Crippen MR) is 96.3 cm³/mol. The van der Waals surface area contributed by atoms with E-state index in [9.17, 15) is 9.59 Å². The van der Waals surface area contributed by atoms with Gasteiger partial charge in [-0.2, -0.15) is 0 Å². The Labute approximate surface area is 146 Å². The van der Waals surface area contributed by atoms with Crippen molar-refractivity contribution in [2.75, 3.05) is 32.9 Å². The fourth-order valence-electron chi connectivity index (χ4n) is 2.37. The van der Waals surface area contributed by atoms with Gasteiger partial charge in [0, 0.05) is 31.6 Å². The Morgan fingerprint density at radius 1 is 1.38 bits per heavy atom. The van der Waals surface area contributed by atoms with Crippen molar-refractivity contribution in [3.63, 3.8) is 0 Å². The molecule has 0 atom stereocenters. The highest BCUT2D eigenvalue weighted by Crippen LogP contribution is 2.21. The number of thioether (sulfide) groups is 1. The molecule has 0 saturated carbocycles. The van der Waals surface area contributed by atoms with Gasteiger partial charge in [0.15, 0.2) is 5.96 Å². The van der Waals surface area contributed by atoms with E-state index in [0.29, 0.717) is 25.6 Å². The molecule has 1 fully saturated rings. The van der Waals surface area contributed by atoms with Crippen LogP contribution in [0.1, 0.15) is 11.1 Å². The van der Waals surface area contributed by atoms with Crippen LogP contribution in [0.15, 0.2) is 28.1 Å². The van der Waals surface area contributed by atoms with E-state index in [-0.39, 0.29) is 18.5 Å². The zero-order chi connectivity index (χ0) is 17.5. The molecule has 3 amide bonds. The summed E-state index contributed by atoms with van der Waals surface area (Å²) in [4.78, 5) is 29.6. The van der Waals surface area contributed by atoms with Gasteiger partial charge in [0.05, 0.1) is 6.54 Å². The van der Waals surface area contributed by atoms with Crippen LogP contribution < -0.4 is 16.0 Å². The summed E-state index contributed by atoms with van der Waals surface area (Å²) in [5, 5.41) is 8.86. The van der Waals surface area contributed by atoms with E-state index in [2.05, 4.69) is 52.3 Å². The van der Waals surface area contributed by atoms with E-state index in [1.165, 1.54) is 20.9 Å². The SMILES string of the molecule is CN=C(NCCN1C(=O)CNC1=O)NCc1ccc(C)cc1SC. The second-order valence-electron chi connectivity index (χ2n) is 5.37. The second-order valence-corrected chi connectivity index (χ2v) is 6.22. The number of imide groups is 1. The maximum absolute atomic E-state index is 11.5. The summed E-state index contributed by atoms with van der Waals surface area (Å²) in [6.07, 6.45) is 2.06. The summed E-state index contributed by atoms with van der Waals surface area (Å²) >= 11 is 1.72. The van der Waals surface area contributed by atoms with Gasteiger partial charge in [-0.15, -0.1) is 11.8 Å². The third-order valence-corrected chi connectivity index (χ3v) is 4.50. The Morgan fingerprint density at radius 2 is 2.17 bits per heavy atom. The maximum Gasteiger partial charge on any atom is 0.324 e. The van der Waals surface area contributed by atoms with E-state index < -0.39 is 0 Å². The second kappa shape index (κ2) is 8.58. The molecule has 1 aliphatic rings. The molecule has 24 heavy (non-hydrogen) atoms. The van der Waals surface area contributed by atoms with Crippen molar-refractivity contribution in [1.29, 1.82) is 0 Å². The van der Waals surface area contributed by atoms with Crippen molar-refractivity contribution in [3.8, 4) is 0 Å². The molecule has 7 nitrogen and oxygen atoms in total. The molecule has 130 valence electrons. The Morgan fingerprint density at radius 3 is 2.79 bits per heavy atom. The lowest BCUT2D eigenvalue weighted by Gasteiger charge is -2.16. The minimum absolute atomic E-state index is 0.0801. The molecule has 0 aromatic heterocycles. The predicted octanol–water partition coefficient (Wildman–Crippen LogP) is 0.934. The summed E-state index contributed by atoms with van der Waals surface area (Å²) in [5.74, 6) is 0.434. The van der Waals surface area contributed by atoms with Gasteiger partial charge in [-0.1, -0.05) is 12.1 Å². The van der Waals surface area contributed by atoms with Crippen LogP contribution in [0.2, 0.25) is 0 Å². The number of urea groups is 1. The number of nitrogens with one attached hydrogen (secondary N) is 3. The number of aryl methyl sites for hydroxylation is 1. The Kier molecular flexibility index (Phi) is 6.48. The minimum Gasteiger partial charge on any atom is -0.355 e. The van der Waals surface area contributed by atoms with Gasteiger partial charge in [0.25, 0.3) is 0 Å². The summed E-state index contributed by atoms with van der Waals surface area (Å²) in [6, 6.07) is 6.02. The number of benzene rings is 1. The van der Waals surface area contributed by atoms with Crippen LogP contribution in [0.25, 0.3) is 0 Å². The van der Waals surface area contributed by atoms with Crippen molar-refractivity contribution in [3.05, 3.63) is 29.3 Å². The van der Waals surface area contributed by atoms with Gasteiger partial charge in [-0.25, -0.2) is 4.79 Å². The first-order valence-corrected chi connectivity index (χ1v) is 8.94. The van der Waals surface area contributed by atoms with Crippen molar-refractivity contribution < 1.29 is 9.59 Å². The number of aliphatic imine (C=N–C) groups is 1. The lowest BCUT2D eigenvalue weighted by atomic mass is 10.1. The van der Waals surface area contributed by atoms with Crippen LogP contribution in [0.5, 0.6) is 0 Å². The summed E-state index contributed by atoms with van der Waals surface area (Å²) in [5.41, 5.74) is 2.43. The molecule has 0 unspecified atom stereocenters. The van der Waals surface area contributed by atoms with E-state index in [0.717, 1.165) is 0 Å². The Balaban J connectivity index is 1.83. The first-order valence-electron chi connectivity index (χ1n) is 7.71. The quantitative estimate of drug-likeness (QED) is 0.308. The lowest BCUT2D eigenvalue weighted by Crippen LogP contribution is -2.43. The fourth-order valence-corrected chi connectivity index (χ4v) is 3.07. The van der Waals surface area contributed by atoms with E-state index in [1.54, 1.807) is 18.8 Å². The molecule has 3 N–H and O–H groups in total. The standard InChI is InChI=1S/C16H23N5O2S/c1-11-4-5-12(13(8-11)24-3)9-19-15(17-2)18-6-7-21-14(22)10-20-16(21)23/h4-5,8H,6-7,9-10H2,1-3H3,(H,20,23)(H2,17,18,19). The number of guanidine groups is 1. The number of nitrogens with zero attached hydrogens (tertiary/aromatic N) is 2. The molecule has 0 radical (unpaired) electrons. The van der Waals surface area contributed by atoms with Crippen molar-refractivity contribution >= 4 is 29.7 Å². The monoisotopic (exact) mass is 349 g/mol. The molecule has 0 bridgehead atoms. The molecule has 1 saturated heterocycles. The smallest absolute Gasteiger partial charge is 0.324 e. The van der Waals surface area contributed by atoms with Gasteiger partial charge in [0.2, 0.25) is 5.91 Å². The Hall–Kier alpha value is -2.22. The normalized spacial score (nSPS) is 14.8. The van der Waals surface area contributed by atoms with Gasteiger partial charge >= 0.3 is 6.03 Å². The van der Waals surface area contributed by atoms with Crippen LogP contribution in [0.3, 0.4) is 0 Å². The highest BCUT2D eigenvalue weighted by atomic mass is 32.2. The van der Waals surface area contributed by atoms with Crippen LogP contribution in [-0.4, -0.2) is 55.7 Å². The molecule has 1 heterocycles. The van der Waals surface area contributed by atoms with Crippen molar-refractivity contribution in [2.45, 2.75) is 18.4 Å². The minimum atomic E-state index is -0.339. The Bertz CT molecular complexity index is 631. The van der Waals surface area contributed by atoms with Gasteiger partial charge < -0.3 is 16.0 Å². The number of hydrogen-bond donors (Lipinski definition) is 3. The summed E-state index contributed by atoms with van der Waals surface area (Å²) in [7, 11) is 1.69. The van der Waals surface area contributed by atoms with E-state index in [4.69, 9.17) is 0 Å². The van der Waals surface area contributed by atoms with Crippen LogP contribution in [-0.2, 0) is 11.3 Å². The molecular weight excluding hydrogens is 326 g/mol. The van der Waals surface area contributed by atoms with Crippen LogP contribution >= 0.6 is 11.8 Å². The van der Waals surface area contributed by atoms with Crippen molar-refractivity contribution in [2.24, 2.45) is 4.99 Å². The first kappa shape index (κ1) is 18.1.